The molecule has 0 saturated heterocycles. The zero-order valence-corrected chi connectivity index (χ0v) is 12.3. The van der Waals surface area contributed by atoms with Crippen molar-refractivity contribution >= 4 is 23.2 Å². The minimum Gasteiger partial charge on any atom is -0.335 e. The molecule has 0 aliphatic rings. The number of halogens is 2. The van der Waals surface area contributed by atoms with Gasteiger partial charge in [0, 0.05) is 10.6 Å². The predicted octanol–water partition coefficient (Wildman–Crippen LogP) is 0.543. The van der Waals surface area contributed by atoms with Gasteiger partial charge in [-0.15, -0.1) is 0 Å². The molecule has 4 heteroatoms. The SMILES string of the molecule is CC[NH+](CC[NH+](C)C)Cc1ccc(Cl)cc1Cl. The summed E-state index contributed by atoms with van der Waals surface area (Å²) in [5, 5.41) is 1.48. The molecule has 0 radical (unpaired) electrons. The van der Waals surface area contributed by atoms with Gasteiger partial charge < -0.3 is 9.80 Å². The van der Waals surface area contributed by atoms with E-state index in [0.717, 1.165) is 24.7 Å². The van der Waals surface area contributed by atoms with E-state index in [1.165, 1.54) is 17.0 Å². The molecule has 0 aliphatic carbocycles. The molecule has 1 aromatic carbocycles. The maximum absolute atomic E-state index is 6.19. The fourth-order valence-electron chi connectivity index (χ4n) is 1.75. The molecule has 0 aromatic heterocycles. The summed E-state index contributed by atoms with van der Waals surface area (Å²) in [6.07, 6.45) is 0. The molecule has 0 amide bonds. The third-order valence-corrected chi connectivity index (χ3v) is 3.52. The number of quaternary nitrogens is 2. The first-order chi connectivity index (χ1) is 8.02. The maximum atomic E-state index is 6.19. The van der Waals surface area contributed by atoms with Gasteiger partial charge in [0.1, 0.15) is 19.6 Å². The van der Waals surface area contributed by atoms with Crippen LogP contribution in [0.5, 0.6) is 0 Å². The summed E-state index contributed by atoms with van der Waals surface area (Å²) in [5.74, 6) is 0. The predicted molar refractivity (Wildman–Crippen MR) is 74.2 cm³/mol. The summed E-state index contributed by atoms with van der Waals surface area (Å²) in [7, 11) is 4.37. The van der Waals surface area contributed by atoms with Crippen molar-refractivity contribution in [3.05, 3.63) is 33.8 Å². The molecule has 1 atom stereocenters. The Labute approximate surface area is 114 Å². The number of likely N-dealkylation sites (N-methyl/N-ethyl adjacent to an activating group) is 2. The smallest absolute Gasteiger partial charge is 0.127 e. The lowest BCUT2D eigenvalue weighted by Crippen LogP contribution is -3.17. The number of rotatable bonds is 6. The molecule has 0 heterocycles. The van der Waals surface area contributed by atoms with Gasteiger partial charge in [-0.2, -0.15) is 0 Å². The second-order valence-corrected chi connectivity index (χ2v) is 5.57. The first-order valence-corrected chi connectivity index (χ1v) is 6.85. The second kappa shape index (κ2) is 7.22. The van der Waals surface area contributed by atoms with Crippen LogP contribution >= 0.6 is 23.2 Å². The molecular weight excluding hydrogens is 255 g/mol. The number of nitrogens with one attached hydrogen (secondary N) is 2. The summed E-state index contributed by atoms with van der Waals surface area (Å²) in [5.41, 5.74) is 1.18. The van der Waals surface area contributed by atoms with Gasteiger partial charge in [0.25, 0.3) is 0 Å². The minimum atomic E-state index is 0.703. The summed E-state index contributed by atoms with van der Waals surface area (Å²) >= 11 is 12.1. The molecule has 2 nitrogen and oxygen atoms in total. The number of hydrogen-bond acceptors (Lipinski definition) is 0. The van der Waals surface area contributed by atoms with Crippen molar-refractivity contribution in [2.24, 2.45) is 0 Å². The molecule has 1 unspecified atom stereocenters. The van der Waals surface area contributed by atoms with E-state index in [4.69, 9.17) is 23.2 Å². The normalized spacial score (nSPS) is 13.1. The van der Waals surface area contributed by atoms with Crippen molar-refractivity contribution in [1.82, 2.24) is 0 Å². The van der Waals surface area contributed by atoms with Gasteiger partial charge in [-0.3, -0.25) is 0 Å². The number of hydrogen-bond donors (Lipinski definition) is 2. The Kier molecular flexibility index (Phi) is 6.28. The summed E-state index contributed by atoms with van der Waals surface area (Å²) in [4.78, 5) is 3.04. The van der Waals surface area contributed by atoms with Crippen LogP contribution in [0.2, 0.25) is 10.0 Å². The lowest BCUT2D eigenvalue weighted by atomic mass is 10.2. The van der Waals surface area contributed by atoms with E-state index < -0.39 is 0 Å². The standard InChI is InChI=1S/C13H20Cl2N2/c1-4-17(8-7-16(2)3)10-11-5-6-12(14)9-13(11)15/h5-6,9H,4,7-8,10H2,1-3H3/p+2. The van der Waals surface area contributed by atoms with Gasteiger partial charge in [0.2, 0.25) is 0 Å². The van der Waals surface area contributed by atoms with E-state index in [2.05, 4.69) is 21.0 Å². The van der Waals surface area contributed by atoms with E-state index in [1.807, 2.05) is 18.2 Å². The van der Waals surface area contributed by atoms with Crippen LogP contribution in [0.1, 0.15) is 12.5 Å². The zero-order chi connectivity index (χ0) is 12.8. The van der Waals surface area contributed by atoms with Crippen molar-refractivity contribution in [3.63, 3.8) is 0 Å². The van der Waals surface area contributed by atoms with Gasteiger partial charge in [0.15, 0.2) is 0 Å². The minimum absolute atomic E-state index is 0.703. The molecule has 0 saturated carbocycles. The Hall–Kier alpha value is -0.280. The highest BCUT2D eigenvalue weighted by molar-refractivity contribution is 6.35. The van der Waals surface area contributed by atoms with E-state index in [0.29, 0.717) is 5.02 Å². The van der Waals surface area contributed by atoms with Crippen LogP contribution in [0.4, 0.5) is 0 Å². The molecule has 0 bridgehead atoms. The van der Waals surface area contributed by atoms with Crippen LogP contribution in [0, 0.1) is 0 Å². The monoisotopic (exact) mass is 276 g/mol. The van der Waals surface area contributed by atoms with Crippen molar-refractivity contribution in [2.75, 3.05) is 33.7 Å². The van der Waals surface area contributed by atoms with Gasteiger partial charge >= 0.3 is 0 Å². The quantitative estimate of drug-likeness (QED) is 0.751. The Bertz CT molecular complexity index is 353. The van der Waals surface area contributed by atoms with Crippen LogP contribution in [0.3, 0.4) is 0 Å². The third kappa shape index (κ3) is 5.26. The Morgan fingerprint density at radius 1 is 1.12 bits per heavy atom. The second-order valence-electron chi connectivity index (χ2n) is 4.72. The van der Waals surface area contributed by atoms with Crippen LogP contribution in [0.25, 0.3) is 0 Å². The van der Waals surface area contributed by atoms with Crippen molar-refractivity contribution in [2.45, 2.75) is 13.5 Å². The molecule has 0 fully saturated rings. The summed E-state index contributed by atoms with van der Waals surface area (Å²) in [6.45, 7) is 6.64. The average Bonchev–Trinajstić information content (AvgIpc) is 2.26. The highest BCUT2D eigenvalue weighted by atomic mass is 35.5. The fraction of sp³-hybridized carbons (Fsp3) is 0.538. The Morgan fingerprint density at radius 3 is 2.35 bits per heavy atom. The topological polar surface area (TPSA) is 8.88 Å². The lowest BCUT2D eigenvalue weighted by Gasteiger charge is -2.19. The molecule has 0 spiro atoms. The molecular formula is C13H22Cl2N2+2. The van der Waals surface area contributed by atoms with Crippen LogP contribution in [0.15, 0.2) is 18.2 Å². The van der Waals surface area contributed by atoms with Gasteiger partial charge in [-0.25, -0.2) is 0 Å². The third-order valence-electron chi connectivity index (χ3n) is 2.93. The molecule has 1 rings (SSSR count). The van der Waals surface area contributed by atoms with Crippen LogP contribution in [-0.2, 0) is 6.54 Å². The lowest BCUT2D eigenvalue weighted by molar-refractivity contribution is -0.949. The van der Waals surface area contributed by atoms with Crippen molar-refractivity contribution in [3.8, 4) is 0 Å². The van der Waals surface area contributed by atoms with Gasteiger partial charge in [-0.05, 0) is 19.1 Å². The largest absolute Gasteiger partial charge is 0.335 e. The summed E-state index contributed by atoms with van der Waals surface area (Å²) in [6, 6.07) is 5.76. The van der Waals surface area contributed by atoms with Crippen LogP contribution < -0.4 is 9.80 Å². The first kappa shape index (κ1) is 14.8. The maximum Gasteiger partial charge on any atom is 0.127 e. The van der Waals surface area contributed by atoms with E-state index in [9.17, 15) is 0 Å². The van der Waals surface area contributed by atoms with Crippen molar-refractivity contribution in [1.29, 1.82) is 0 Å². The summed E-state index contributed by atoms with van der Waals surface area (Å²) < 4.78 is 0. The molecule has 0 aliphatic heterocycles. The molecule has 1 aromatic rings. The molecule has 2 N–H and O–H groups in total. The van der Waals surface area contributed by atoms with Crippen LogP contribution in [-0.4, -0.2) is 33.7 Å². The fourth-order valence-corrected chi connectivity index (χ4v) is 2.23. The van der Waals surface area contributed by atoms with Crippen molar-refractivity contribution < 1.29 is 9.80 Å². The highest BCUT2D eigenvalue weighted by Crippen LogP contribution is 2.20. The Balaban J connectivity index is 2.60. The Morgan fingerprint density at radius 2 is 1.82 bits per heavy atom. The van der Waals surface area contributed by atoms with E-state index in [1.54, 1.807) is 4.90 Å². The highest BCUT2D eigenvalue weighted by Gasteiger charge is 2.11. The van der Waals surface area contributed by atoms with Gasteiger partial charge in [-0.1, -0.05) is 29.3 Å². The van der Waals surface area contributed by atoms with Gasteiger partial charge in [0.05, 0.1) is 25.7 Å². The van der Waals surface area contributed by atoms with E-state index in [-0.39, 0.29) is 0 Å². The van der Waals surface area contributed by atoms with E-state index >= 15 is 0 Å². The number of benzene rings is 1. The molecule has 17 heavy (non-hydrogen) atoms. The molecule has 96 valence electrons. The average molecular weight is 277 g/mol. The first-order valence-electron chi connectivity index (χ1n) is 6.09. The zero-order valence-electron chi connectivity index (χ0n) is 10.8.